The molecular weight excluding hydrogens is 270 g/mol. The second-order valence-electron chi connectivity index (χ2n) is 6.54. The highest BCUT2D eigenvalue weighted by atomic mass is 32.1. The van der Waals surface area contributed by atoms with Gasteiger partial charge in [-0.2, -0.15) is 17.7 Å². The molecule has 1 aromatic rings. The topological polar surface area (TPSA) is 39.8 Å². The van der Waals surface area contributed by atoms with Gasteiger partial charge in [-0.25, -0.2) is 9.48 Å². The molecule has 0 N–H and O–H groups in total. The van der Waals surface area contributed by atoms with Crippen molar-refractivity contribution < 1.29 is 0 Å². The van der Waals surface area contributed by atoms with Gasteiger partial charge in [0.05, 0.1) is 6.54 Å². The summed E-state index contributed by atoms with van der Waals surface area (Å²) in [6.45, 7) is 1.61. The Balaban J connectivity index is 1.85. The van der Waals surface area contributed by atoms with Gasteiger partial charge < -0.3 is 0 Å². The first-order valence-corrected chi connectivity index (χ1v) is 8.65. The maximum Gasteiger partial charge on any atom is 0.345 e. The molecule has 0 bridgehead atoms. The molecule has 4 nitrogen and oxygen atoms in total. The van der Waals surface area contributed by atoms with Crippen LogP contribution in [0.15, 0.2) is 4.79 Å². The minimum atomic E-state index is 0.102. The normalized spacial score (nSPS) is 22.2. The lowest BCUT2D eigenvalue weighted by atomic mass is 9.82. The average molecular weight is 295 g/mol. The Morgan fingerprint density at radius 2 is 1.85 bits per heavy atom. The highest BCUT2D eigenvalue weighted by Gasteiger charge is 2.32. The van der Waals surface area contributed by atoms with Crippen molar-refractivity contribution in [3.8, 4) is 0 Å². The molecule has 5 heteroatoms. The Hall–Kier alpha value is -0.710. The van der Waals surface area contributed by atoms with Crippen LogP contribution in [0.5, 0.6) is 0 Å². The van der Waals surface area contributed by atoms with Gasteiger partial charge in [-0.15, -0.1) is 0 Å². The number of hydrogen-bond donors (Lipinski definition) is 1. The Bertz CT molecular complexity index is 512. The molecule has 0 spiro atoms. The zero-order chi connectivity index (χ0) is 14.0. The van der Waals surface area contributed by atoms with Gasteiger partial charge in [0.1, 0.15) is 5.82 Å². The third-order valence-electron chi connectivity index (χ3n) is 5.02. The second kappa shape index (κ2) is 5.96. The summed E-state index contributed by atoms with van der Waals surface area (Å²) in [5.41, 5.74) is 0.276. The molecule has 20 heavy (non-hydrogen) atoms. The zero-order valence-electron chi connectivity index (χ0n) is 12.2. The first-order valence-electron chi connectivity index (χ1n) is 8.02. The van der Waals surface area contributed by atoms with Gasteiger partial charge in [0.25, 0.3) is 0 Å². The highest BCUT2D eigenvalue weighted by molar-refractivity contribution is 7.80. The summed E-state index contributed by atoms with van der Waals surface area (Å²) in [6.07, 6.45) is 10.8. The minimum absolute atomic E-state index is 0.102. The van der Waals surface area contributed by atoms with Crippen molar-refractivity contribution in [2.24, 2.45) is 5.41 Å². The van der Waals surface area contributed by atoms with E-state index in [-0.39, 0.29) is 11.1 Å². The molecule has 112 valence electrons. The standard InChI is InChI=1S/C15H25N3OS/c19-14-17-10-6-3-7-13(17)16-18(14)11-15(12-20)8-4-1-2-5-9-15/h20H,1-12H2. The van der Waals surface area contributed by atoms with Gasteiger partial charge in [0.15, 0.2) is 0 Å². The van der Waals surface area contributed by atoms with Crippen LogP contribution in [-0.2, 0) is 19.5 Å². The van der Waals surface area contributed by atoms with Crippen molar-refractivity contribution in [3.63, 3.8) is 0 Å². The lowest BCUT2D eigenvalue weighted by Crippen LogP contribution is -2.35. The zero-order valence-corrected chi connectivity index (χ0v) is 13.1. The molecule has 0 radical (unpaired) electrons. The van der Waals surface area contributed by atoms with Crippen LogP contribution in [0.25, 0.3) is 0 Å². The number of thiol groups is 1. The van der Waals surface area contributed by atoms with Crippen molar-refractivity contribution in [1.82, 2.24) is 14.3 Å². The van der Waals surface area contributed by atoms with Crippen molar-refractivity contribution >= 4 is 12.6 Å². The molecule has 0 saturated heterocycles. The molecule has 2 heterocycles. The molecule has 1 aromatic heterocycles. The van der Waals surface area contributed by atoms with Crippen LogP contribution >= 0.6 is 12.6 Å². The minimum Gasteiger partial charge on any atom is -0.279 e. The lowest BCUT2D eigenvalue weighted by Gasteiger charge is -2.30. The highest BCUT2D eigenvalue weighted by Crippen LogP contribution is 2.37. The van der Waals surface area contributed by atoms with E-state index in [1.165, 1.54) is 38.5 Å². The predicted octanol–water partition coefficient (Wildman–Crippen LogP) is 2.65. The Morgan fingerprint density at radius 1 is 1.10 bits per heavy atom. The number of hydrogen-bond acceptors (Lipinski definition) is 3. The van der Waals surface area contributed by atoms with Crippen molar-refractivity contribution in [2.75, 3.05) is 5.75 Å². The number of fused-ring (bicyclic) bond motifs is 1. The van der Waals surface area contributed by atoms with E-state index in [0.717, 1.165) is 43.9 Å². The molecule has 1 saturated carbocycles. The van der Waals surface area contributed by atoms with E-state index >= 15 is 0 Å². The van der Waals surface area contributed by atoms with Gasteiger partial charge in [-0.1, -0.05) is 25.7 Å². The van der Waals surface area contributed by atoms with Gasteiger partial charge >= 0.3 is 5.69 Å². The first kappa shape index (κ1) is 14.2. The first-order chi connectivity index (χ1) is 9.74. The Labute approximate surface area is 126 Å². The predicted molar refractivity (Wildman–Crippen MR) is 83.4 cm³/mol. The molecule has 0 atom stereocenters. The quantitative estimate of drug-likeness (QED) is 0.688. The fourth-order valence-electron chi connectivity index (χ4n) is 3.71. The Morgan fingerprint density at radius 3 is 2.50 bits per heavy atom. The lowest BCUT2D eigenvalue weighted by molar-refractivity contribution is 0.226. The van der Waals surface area contributed by atoms with E-state index in [2.05, 4.69) is 17.7 Å². The van der Waals surface area contributed by atoms with Crippen LogP contribution in [0.3, 0.4) is 0 Å². The van der Waals surface area contributed by atoms with E-state index in [4.69, 9.17) is 0 Å². The van der Waals surface area contributed by atoms with E-state index in [0.29, 0.717) is 0 Å². The molecule has 0 unspecified atom stereocenters. The molecule has 1 aliphatic heterocycles. The second-order valence-corrected chi connectivity index (χ2v) is 6.85. The van der Waals surface area contributed by atoms with E-state index in [1.807, 2.05) is 4.57 Å². The maximum atomic E-state index is 12.5. The van der Waals surface area contributed by atoms with Crippen LogP contribution < -0.4 is 5.69 Å². The fourth-order valence-corrected chi connectivity index (χ4v) is 4.13. The summed E-state index contributed by atoms with van der Waals surface area (Å²) in [5.74, 6) is 1.85. The number of nitrogens with zero attached hydrogens (tertiary/aromatic N) is 3. The average Bonchev–Trinajstić information content (AvgIpc) is 2.66. The maximum absolute atomic E-state index is 12.5. The van der Waals surface area contributed by atoms with Crippen LogP contribution in [0.4, 0.5) is 0 Å². The third kappa shape index (κ3) is 2.69. The summed E-state index contributed by atoms with van der Waals surface area (Å²) in [6, 6.07) is 0. The smallest absolute Gasteiger partial charge is 0.279 e. The summed E-state index contributed by atoms with van der Waals surface area (Å²) in [7, 11) is 0. The van der Waals surface area contributed by atoms with Crippen LogP contribution in [0.2, 0.25) is 0 Å². The van der Waals surface area contributed by atoms with Crippen LogP contribution in [0.1, 0.15) is 57.2 Å². The van der Waals surface area contributed by atoms with Gasteiger partial charge in [-0.3, -0.25) is 4.57 Å². The molecule has 2 aliphatic rings. The largest absolute Gasteiger partial charge is 0.345 e. The van der Waals surface area contributed by atoms with Crippen LogP contribution in [-0.4, -0.2) is 20.1 Å². The summed E-state index contributed by atoms with van der Waals surface area (Å²) >= 11 is 4.60. The van der Waals surface area contributed by atoms with Gasteiger partial charge in [0, 0.05) is 13.0 Å². The number of rotatable bonds is 3. The van der Waals surface area contributed by atoms with Crippen molar-refractivity contribution in [3.05, 3.63) is 16.3 Å². The summed E-state index contributed by atoms with van der Waals surface area (Å²) in [4.78, 5) is 12.5. The number of aryl methyl sites for hydroxylation is 1. The molecule has 0 aromatic carbocycles. The fraction of sp³-hybridized carbons (Fsp3) is 0.867. The van der Waals surface area contributed by atoms with E-state index < -0.39 is 0 Å². The third-order valence-corrected chi connectivity index (χ3v) is 5.69. The number of aromatic nitrogens is 3. The summed E-state index contributed by atoms with van der Waals surface area (Å²) in [5, 5.41) is 4.60. The molecule has 1 fully saturated rings. The van der Waals surface area contributed by atoms with Crippen molar-refractivity contribution in [2.45, 2.75) is 70.9 Å². The monoisotopic (exact) mass is 295 g/mol. The van der Waals surface area contributed by atoms with Crippen LogP contribution in [0, 0.1) is 5.41 Å². The van der Waals surface area contributed by atoms with Gasteiger partial charge in [0.2, 0.25) is 0 Å². The van der Waals surface area contributed by atoms with Crippen molar-refractivity contribution in [1.29, 1.82) is 0 Å². The molecule has 3 rings (SSSR count). The molecular formula is C15H25N3OS. The Kier molecular flexibility index (Phi) is 4.24. The van der Waals surface area contributed by atoms with E-state index in [9.17, 15) is 4.79 Å². The molecule has 0 amide bonds. The summed E-state index contributed by atoms with van der Waals surface area (Å²) < 4.78 is 3.62. The van der Waals surface area contributed by atoms with E-state index in [1.54, 1.807) is 4.68 Å². The van der Waals surface area contributed by atoms with Gasteiger partial charge in [-0.05, 0) is 36.9 Å². The SMILES string of the molecule is O=c1n(CC2(CS)CCCCCC2)nc2n1CCCC2. The molecule has 1 aliphatic carbocycles.